The van der Waals surface area contributed by atoms with Crippen molar-refractivity contribution in [2.75, 3.05) is 42.0 Å². The third-order valence-corrected chi connectivity index (χ3v) is 5.78. The Morgan fingerprint density at radius 1 is 0.971 bits per heavy atom. The van der Waals surface area contributed by atoms with Crippen LogP contribution in [0.2, 0.25) is 0 Å². The van der Waals surface area contributed by atoms with Crippen LogP contribution >= 0.6 is 0 Å². The van der Waals surface area contributed by atoms with Gasteiger partial charge in [0, 0.05) is 31.5 Å². The molecule has 2 amide bonds. The normalized spacial score (nSPS) is 14.9. The number of rotatable bonds is 9. The van der Waals surface area contributed by atoms with E-state index < -0.39 is 0 Å². The zero-order valence-corrected chi connectivity index (χ0v) is 20.5. The van der Waals surface area contributed by atoms with Crippen LogP contribution in [-0.2, 0) is 9.59 Å². The molecule has 0 aliphatic carbocycles. The summed E-state index contributed by atoms with van der Waals surface area (Å²) in [5.74, 6) is 2.00. The molecule has 0 fully saturated rings. The molecule has 0 saturated carbocycles. The van der Waals surface area contributed by atoms with Gasteiger partial charge in [-0.3, -0.25) is 9.59 Å². The minimum atomic E-state index is -0.390. The lowest BCUT2D eigenvalue weighted by molar-refractivity contribution is -0.140. The molecule has 1 aliphatic heterocycles. The largest absolute Gasteiger partial charge is 0.497 e. The number of hydrazone groups is 1. The molecule has 9 nitrogen and oxygen atoms in total. The highest BCUT2D eigenvalue weighted by Crippen LogP contribution is 2.39. The molecule has 0 saturated heterocycles. The minimum Gasteiger partial charge on any atom is -0.497 e. The number of ether oxygens (including phenoxy) is 4. The van der Waals surface area contributed by atoms with E-state index in [0.717, 1.165) is 11.1 Å². The average molecular weight is 470 g/mol. The average Bonchev–Trinajstić information content (AvgIpc) is 3.32. The molecule has 3 rings (SSSR count). The van der Waals surface area contributed by atoms with Gasteiger partial charge in [0.25, 0.3) is 5.91 Å². The molecule has 0 N–H and O–H groups in total. The fourth-order valence-electron chi connectivity index (χ4n) is 3.89. The number of likely N-dealkylation sites (N-methyl/N-ethyl adjacent to an activating group) is 1. The van der Waals surface area contributed by atoms with Crippen LogP contribution < -0.4 is 18.9 Å². The van der Waals surface area contributed by atoms with Crippen molar-refractivity contribution in [1.82, 2.24) is 9.91 Å². The summed E-state index contributed by atoms with van der Waals surface area (Å²) >= 11 is 0. The molecule has 0 unspecified atom stereocenters. The Bertz CT molecular complexity index is 1080. The maximum Gasteiger partial charge on any atom is 0.262 e. The first-order valence-electron chi connectivity index (χ1n) is 10.9. The van der Waals surface area contributed by atoms with Crippen LogP contribution in [0.4, 0.5) is 0 Å². The van der Waals surface area contributed by atoms with Crippen LogP contribution in [0.5, 0.6) is 23.0 Å². The van der Waals surface area contributed by atoms with Gasteiger partial charge in [-0.05, 0) is 29.8 Å². The van der Waals surface area contributed by atoms with Crippen LogP contribution in [0, 0.1) is 0 Å². The first-order chi connectivity index (χ1) is 16.4. The first-order valence-corrected chi connectivity index (χ1v) is 10.9. The van der Waals surface area contributed by atoms with E-state index in [1.54, 1.807) is 54.5 Å². The molecule has 182 valence electrons. The molecule has 0 aromatic heterocycles. The second kappa shape index (κ2) is 10.9. The van der Waals surface area contributed by atoms with Gasteiger partial charge in [0.15, 0.2) is 11.5 Å². The highest BCUT2D eigenvalue weighted by Gasteiger charge is 2.35. The summed E-state index contributed by atoms with van der Waals surface area (Å²) < 4.78 is 21.7. The van der Waals surface area contributed by atoms with Crippen molar-refractivity contribution in [3.05, 3.63) is 47.5 Å². The maximum atomic E-state index is 13.3. The Hall–Kier alpha value is -3.75. The Kier molecular flexibility index (Phi) is 7.99. The predicted octanol–water partition coefficient (Wildman–Crippen LogP) is 3.27. The summed E-state index contributed by atoms with van der Waals surface area (Å²) in [6, 6.07) is 10.6. The van der Waals surface area contributed by atoms with Crippen molar-refractivity contribution in [2.45, 2.75) is 25.8 Å². The lowest BCUT2D eigenvalue weighted by Gasteiger charge is -2.25. The van der Waals surface area contributed by atoms with Gasteiger partial charge in [0.05, 0.1) is 40.2 Å². The van der Waals surface area contributed by atoms with Crippen LogP contribution in [0.3, 0.4) is 0 Å². The van der Waals surface area contributed by atoms with Crippen molar-refractivity contribution in [1.29, 1.82) is 0 Å². The van der Waals surface area contributed by atoms with E-state index in [2.05, 4.69) is 5.10 Å². The second-order valence-electron chi connectivity index (χ2n) is 7.79. The number of hydrogen-bond acceptors (Lipinski definition) is 7. The van der Waals surface area contributed by atoms with Gasteiger partial charge >= 0.3 is 0 Å². The van der Waals surface area contributed by atoms with Crippen LogP contribution in [0.15, 0.2) is 41.5 Å². The van der Waals surface area contributed by atoms with Crippen molar-refractivity contribution in [2.24, 2.45) is 5.10 Å². The molecule has 0 spiro atoms. The number of benzene rings is 2. The molecular formula is C25H31N3O6. The molecule has 1 atom stereocenters. The molecule has 34 heavy (non-hydrogen) atoms. The van der Waals surface area contributed by atoms with Gasteiger partial charge in [-0.15, -0.1) is 0 Å². The Morgan fingerprint density at radius 2 is 1.68 bits per heavy atom. The Morgan fingerprint density at radius 3 is 2.29 bits per heavy atom. The minimum absolute atomic E-state index is 0.0764. The van der Waals surface area contributed by atoms with E-state index in [1.807, 2.05) is 24.3 Å². The van der Waals surface area contributed by atoms with Crippen molar-refractivity contribution >= 4 is 17.5 Å². The first kappa shape index (κ1) is 24.9. The lowest BCUT2D eigenvalue weighted by atomic mass is 9.97. The molecular weight excluding hydrogens is 438 g/mol. The third kappa shape index (κ3) is 5.08. The van der Waals surface area contributed by atoms with E-state index in [-0.39, 0.29) is 24.4 Å². The van der Waals surface area contributed by atoms with Gasteiger partial charge in [-0.25, -0.2) is 5.01 Å². The van der Waals surface area contributed by atoms with Crippen LogP contribution in [0.25, 0.3) is 0 Å². The number of nitrogens with zero attached hydrogens (tertiary/aromatic N) is 3. The van der Waals surface area contributed by atoms with E-state index in [0.29, 0.717) is 41.6 Å². The zero-order valence-electron chi connectivity index (χ0n) is 20.5. The highest BCUT2D eigenvalue weighted by atomic mass is 16.5. The summed E-state index contributed by atoms with van der Waals surface area (Å²) in [5.41, 5.74) is 2.29. The second-order valence-corrected chi connectivity index (χ2v) is 7.79. The molecule has 2 aromatic carbocycles. The number of carbonyl (C=O) groups is 2. The summed E-state index contributed by atoms with van der Waals surface area (Å²) in [5, 5.41) is 6.13. The summed E-state index contributed by atoms with van der Waals surface area (Å²) in [7, 11) is 7.91. The van der Waals surface area contributed by atoms with E-state index in [1.165, 1.54) is 9.91 Å². The topological polar surface area (TPSA) is 89.9 Å². The van der Waals surface area contributed by atoms with Crippen LogP contribution in [-0.4, -0.2) is 69.5 Å². The van der Waals surface area contributed by atoms with Crippen molar-refractivity contribution in [3.8, 4) is 23.0 Å². The van der Waals surface area contributed by atoms with Gasteiger partial charge in [0.1, 0.15) is 18.0 Å². The predicted molar refractivity (Wildman–Crippen MR) is 128 cm³/mol. The van der Waals surface area contributed by atoms with Crippen molar-refractivity contribution in [3.63, 3.8) is 0 Å². The highest BCUT2D eigenvalue weighted by molar-refractivity contribution is 6.05. The van der Waals surface area contributed by atoms with E-state index in [9.17, 15) is 9.59 Å². The SMILES string of the molecule is CCC(=O)N(C)CC(=O)N1N=C(c2ccc(OC)cc2OC)C[C@H]1c1ccc(OC)c(OC)c1. The summed E-state index contributed by atoms with van der Waals surface area (Å²) in [6.45, 7) is 1.69. The standard InChI is InChI=1S/C25H31N3O6/c1-7-24(29)27(2)15-25(30)28-20(16-8-11-21(32-4)23(12-16)34-6)14-19(26-28)18-10-9-17(31-3)13-22(18)33-5/h8-13,20H,7,14-15H2,1-6H3/t20-/m0/s1. The smallest absolute Gasteiger partial charge is 0.262 e. The zero-order chi connectivity index (χ0) is 24.8. The maximum absolute atomic E-state index is 13.3. The molecule has 9 heteroatoms. The van der Waals surface area contributed by atoms with Gasteiger partial charge < -0.3 is 23.8 Å². The Labute approximate surface area is 199 Å². The number of hydrogen-bond donors (Lipinski definition) is 0. The monoisotopic (exact) mass is 469 g/mol. The van der Waals surface area contributed by atoms with Gasteiger partial charge in [-0.1, -0.05) is 13.0 Å². The third-order valence-electron chi connectivity index (χ3n) is 5.78. The molecule has 0 radical (unpaired) electrons. The molecule has 1 heterocycles. The fraction of sp³-hybridized carbons (Fsp3) is 0.400. The van der Waals surface area contributed by atoms with E-state index >= 15 is 0 Å². The number of amides is 2. The van der Waals surface area contributed by atoms with Gasteiger partial charge in [0.2, 0.25) is 5.91 Å². The number of carbonyl (C=O) groups excluding carboxylic acids is 2. The number of methoxy groups -OCH3 is 4. The Balaban J connectivity index is 2.01. The fourth-order valence-corrected chi connectivity index (χ4v) is 3.89. The summed E-state index contributed by atoms with van der Waals surface area (Å²) in [6.07, 6.45) is 0.774. The summed E-state index contributed by atoms with van der Waals surface area (Å²) in [4.78, 5) is 26.8. The quantitative estimate of drug-likeness (QED) is 0.560. The van der Waals surface area contributed by atoms with Gasteiger partial charge in [-0.2, -0.15) is 5.10 Å². The van der Waals surface area contributed by atoms with Crippen molar-refractivity contribution < 1.29 is 28.5 Å². The molecule has 2 aromatic rings. The van der Waals surface area contributed by atoms with E-state index in [4.69, 9.17) is 18.9 Å². The molecule has 1 aliphatic rings. The molecule has 0 bridgehead atoms. The van der Waals surface area contributed by atoms with Crippen LogP contribution in [0.1, 0.15) is 36.9 Å². The lowest BCUT2D eigenvalue weighted by Crippen LogP contribution is -2.39.